The zero-order valence-electron chi connectivity index (χ0n) is 7.65. The summed E-state index contributed by atoms with van der Waals surface area (Å²) in [6.07, 6.45) is -1.09. The Morgan fingerprint density at radius 1 is 1.57 bits per heavy atom. The van der Waals surface area contributed by atoms with Gasteiger partial charge in [-0.2, -0.15) is 0 Å². The highest BCUT2D eigenvalue weighted by atomic mass is 16.5. The molecule has 3 N–H and O–H groups in total. The van der Waals surface area contributed by atoms with Gasteiger partial charge in [-0.15, -0.1) is 0 Å². The van der Waals surface area contributed by atoms with Crippen molar-refractivity contribution in [2.24, 2.45) is 0 Å². The van der Waals surface area contributed by atoms with E-state index in [1.807, 2.05) is 0 Å². The van der Waals surface area contributed by atoms with E-state index in [0.717, 1.165) is 5.56 Å². The van der Waals surface area contributed by atoms with Crippen molar-refractivity contribution in [3.8, 4) is 11.5 Å². The van der Waals surface area contributed by atoms with Crippen LogP contribution in [0.5, 0.6) is 11.5 Å². The number of hydrogen-bond donors (Lipinski definition) is 3. The van der Waals surface area contributed by atoms with Gasteiger partial charge in [-0.1, -0.05) is 6.07 Å². The van der Waals surface area contributed by atoms with Gasteiger partial charge in [0.25, 0.3) is 0 Å². The summed E-state index contributed by atoms with van der Waals surface area (Å²) in [5.41, 5.74) is 0.724. The lowest BCUT2D eigenvalue weighted by atomic mass is 10.2. The van der Waals surface area contributed by atoms with E-state index in [9.17, 15) is 9.90 Å². The van der Waals surface area contributed by atoms with Crippen LogP contribution in [-0.4, -0.2) is 23.4 Å². The third-order valence-corrected chi connectivity index (χ3v) is 1.69. The van der Waals surface area contributed by atoms with Crippen molar-refractivity contribution >= 4 is 6.09 Å². The van der Waals surface area contributed by atoms with Gasteiger partial charge in [-0.25, -0.2) is 4.79 Å². The fourth-order valence-electron chi connectivity index (χ4n) is 1.01. The van der Waals surface area contributed by atoms with Crippen molar-refractivity contribution in [1.29, 1.82) is 0 Å². The molecule has 76 valence electrons. The smallest absolute Gasteiger partial charge is 0.404 e. The number of ether oxygens (including phenoxy) is 1. The maximum absolute atomic E-state index is 10.2. The zero-order chi connectivity index (χ0) is 10.6. The average molecular weight is 197 g/mol. The number of phenolic OH excluding ortho intramolecular Hbond substituents is 1. The first kappa shape index (κ1) is 10.2. The molecule has 5 heteroatoms. The van der Waals surface area contributed by atoms with Crippen LogP contribution < -0.4 is 10.1 Å². The zero-order valence-corrected chi connectivity index (χ0v) is 7.65. The lowest BCUT2D eigenvalue weighted by molar-refractivity contribution is 0.194. The van der Waals surface area contributed by atoms with E-state index >= 15 is 0 Å². The highest BCUT2D eigenvalue weighted by Gasteiger charge is 2.03. The van der Waals surface area contributed by atoms with Gasteiger partial charge in [-0.05, 0) is 17.7 Å². The fourth-order valence-corrected chi connectivity index (χ4v) is 1.01. The number of hydrogen-bond acceptors (Lipinski definition) is 3. The normalized spacial score (nSPS) is 9.50. The molecule has 0 radical (unpaired) electrons. The summed E-state index contributed by atoms with van der Waals surface area (Å²) < 4.78 is 4.87. The third kappa shape index (κ3) is 2.55. The predicted octanol–water partition coefficient (Wildman–Crippen LogP) is 1.17. The molecule has 0 unspecified atom stereocenters. The molecule has 0 aliphatic carbocycles. The van der Waals surface area contributed by atoms with Crippen LogP contribution in [0.3, 0.4) is 0 Å². The van der Waals surface area contributed by atoms with Crippen molar-refractivity contribution < 1.29 is 19.7 Å². The highest BCUT2D eigenvalue weighted by molar-refractivity contribution is 5.64. The van der Waals surface area contributed by atoms with Crippen molar-refractivity contribution in [2.45, 2.75) is 6.54 Å². The van der Waals surface area contributed by atoms with Gasteiger partial charge >= 0.3 is 6.09 Å². The molecule has 0 aliphatic heterocycles. The summed E-state index contributed by atoms with van der Waals surface area (Å²) in [5, 5.41) is 19.8. The Balaban J connectivity index is 2.74. The molecular weight excluding hydrogens is 186 g/mol. The molecule has 0 saturated carbocycles. The van der Waals surface area contributed by atoms with E-state index in [1.54, 1.807) is 12.1 Å². The largest absolute Gasteiger partial charge is 0.504 e. The first-order chi connectivity index (χ1) is 6.63. The number of benzene rings is 1. The van der Waals surface area contributed by atoms with Crippen molar-refractivity contribution in [3.63, 3.8) is 0 Å². The molecule has 0 atom stereocenters. The molecule has 5 nitrogen and oxygen atoms in total. The molecule has 1 aromatic carbocycles. The molecule has 1 rings (SSSR count). The van der Waals surface area contributed by atoms with Crippen molar-refractivity contribution in [2.75, 3.05) is 7.11 Å². The van der Waals surface area contributed by atoms with Gasteiger partial charge < -0.3 is 20.3 Å². The molecule has 1 amide bonds. The van der Waals surface area contributed by atoms with Crippen molar-refractivity contribution in [1.82, 2.24) is 5.32 Å². The van der Waals surface area contributed by atoms with Crippen LogP contribution in [0.2, 0.25) is 0 Å². The maximum Gasteiger partial charge on any atom is 0.404 e. The minimum absolute atomic E-state index is 0.0339. The molecule has 0 saturated heterocycles. The van der Waals surface area contributed by atoms with E-state index in [0.29, 0.717) is 5.75 Å². The third-order valence-electron chi connectivity index (χ3n) is 1.69. The van der Waals surface area contributed by atoms with E-state index in [2.05, 4.69) is 5.32 Å². The summed E-state index contributed by atoms with van der Waals surface area (Å²) in [7, 11) is 1.43. The van der Waals surface area contributed by atoms with Gasteiger partial charge in [0.2, 0.25) is 0 Å². The number of aromatic hydroxyl groups is 1. The number of rotatable bonds is 3. The van der Waals surface area contributed by atoms with Crippen LogP contribution in [0.1, 0.15) is 5.56 Å². The second kappa shape index (κ2) is 4.36. The molecule has 0 aromatic heterocycles. The van der Waals surface area contributed by atoms with Crippen LogP contribution in [-0.2, 0) is 6.54 Å². The lowest BCUT2D eigenvalue weighted by Gasteiger charge is -2.06. The summed E-state index contributed by atoms with van der Waals surface area (Å²) >= 11 is 0. The van der Waals surface area contributed by atoms with E-state index in [4.69, 9.17) is 9.84 Å². The summed E-state index contributed by atoms with van der Waals surface area (Å²) in [5.74, 6) is 0.362. The van der Waals surface area contributed by atoms with E-state index in [-0.39, 0.29) is 12.3 Å². The SMILES string of the molecule is COc1cc(CNC(=O)O)ccc1O. The molecule has 0 bridgehead atoms. The van der Waals surface area contributed by atoms with Crippen LogP contribution in [0, 0.1) is 0 Å². The summed E-state index contributed by atoms with van der Waals surface area (Å²) in [6.45, 7) is 0.186. The fraction of sp³-hybridized carbons (Fsp3) is 0.222. The molecule has 0 spiro atoms. The summed E-state index contributed by atoms with van der Waals surface area (Å²) in [4.78, 5) is 10.2. The first-order valence-electron chi connectivity index (χ1n) is 3.96. The maximum atomic E-state index is 10.2. The Kier molecular flexibility index (Phi) is 3.17. The molecule has 0 aliphatic rings. The molecule has 0 heterocycles. The molecule has 0 fully saturated rings. The van der Waals surface area contributed by atoms with Gasteiger partial charge in [-0.3, -0.25) is 0 Å². The number of phenols is 1. The van der Waals surface area contributed by atoms with Crippen molar-refractivity contribution in [3.05, 3.63) is 23.8 Å². The Bertz CT molecular complexity index is 338. The summed E-state index contributed by atoms with van der Waals surface area (Å²) in [6, 6.07) is 4.65. The number of carboxylic acid groups (broad SMARTS) is 1. The Labute approximate surface area is 80.9 Å². The second-order valence-electron chi connectivity index (χ2n) is 2.66. The van der Waals surface area contributed by atoms with Gasteiger partial charge in [0.1, 0.15) is 0 Å². The predicted molar refractivity (Wildman–Crippen MR) is 49.5 cm³/mol. The lowest BCUT2D eigenvalue weighted by Crippen LogP contribution is -2.19. The first-order valence-corrected chi connectivity index (χ1v) is 3.96. The topological polar surface area (TPSA) is 78.8 Å². The number of carbonyl (C=O) groups is 1. The Morgan fingerprint density at radius 2 is 2.29 bits per heavy atom. The van der Waals surface area contributed by atoms with Crippen LogP contribution >= 0.6 is 0 Å². The molecule has 14 heavy (non-hydrogen) atoms. The van der Waals surface area contributed by atoms with Crippen LogP contribution in [0.4, 0.5) is 4.79 Å². The second-order valence-corrected chi connectivity index (χ2v) is 2.66. The molecular formula is C9H11NO4. The monoisotopic (exact) mass is 197 g/mol. The standard InChI is InChI=1S/C9H11NO4/c1-14-8-4-6(2-3-7(8)11)5-10-9(12)13/h2-4,10-11H,5H2,1H3,(H,12,13). The number of amides is 1. The molecule has 1 aromatic rings. The van der Waals surface area contributed by atoms with Gasteiger partial charge in [0.15, 0.2) is 11.5 Å². The minimum Gasteiger partial charge on any atom is -0.504 e. The Hall–Kier alpha value is -1.91. The number of nitrogens with one attached hydrogen (secondary N) is 1. The Morgan fingerprint density at radius 3 is 2.86 bits per heavy atom. The van der Waals surface area contributed by atoms with E-state index < -0.39 is 6.09 Å². The van der Waals surface area contributed by atoms with Crippen LogP contribution in [0.25, 0.3) is 0 Å². The average Bonchev–Trinajstić information content (AvgIpc) is 2.16. The van der Waals surface area contributed by atoms with Crippen LogP contribution in [0.15, 0.2) is 18.2 Å². The number of methoxy groups -OCH3 is 1. The highest BCUT2D eigenvalue weighted by Crippen LogP contribution is 2.25. The van der Waals surface area contributed by atoms with E-state index in [1.165, 1.54) is 13.2 Å². The quantitative estimate of drug-likeness (QED) is 0.679. The van der Waals surface area contributed by atoms with Gasteiger partial charge in [0, 0.05) is 6.54 Å². The minimum atomic E-state index is -1.09. The van der Waals surface area contributed by atoms with Gasteiger partial charge in [0.05, 0.1) is 7.11 Å².